The van der Waals surface area contributed by atoms with Gasteiger partial charge in [0.1, 0.15) is 22.9 Å². The van der Waals surface area contributed by atoms with Gasteiger partial charge in [-0.1, -0.05) is 0 Å². The van der Waals surface area contributed by atoms with Gasteiger partial charge in [-0.3, -0.25) is 14.2 Å². The summed E-state index contributed by atoms with van der Waals surface area (Å²) in [4.78, 5) is 30.8. The van der Waals surface area contributed by atoms with Gasteiger partial charge in [-0.25, -0.2) is 4.98 Å². The first-order chi connectivity index (χ1) is 13.5. The predicted molar refractivity (Wildman–Crippen MR) is 109 cm³/mol. The van der Waals surface area contributed by atoms with Gasteiger partial charge in [0.05, 0.1) is 25.4 Å². The van der Waals surface area contributed by atoms with E-state index in [0.29, 0.717) is 30.8 Å². The molecule has 0 unspecified atom stereocenters. The van der Waals surface area contributed by atoms with Crippen LogP contribution in [0, 0.1) is 13.8 Å². The summed E-state index contributed by atoms with van der Waals surface area (Å²) in [5.41, 5.74) is 0.870. The highest BCUT2D eigenvalue weighted by atomic mass is 32.1. The zero-order valence-corrected chi connectivity index (χ0v) is 17.0. The zero-order chi connectivity index (χ0) is 20.1. The molecule has 0 fully saturated rings. The maximum absolute atomic E-state index is 12.6. The van der Waals surface area contributed by atoms with Gasteiger partial charge in [0.2, 0.25) is 5.91 Å². The van der Waals surface area contributed by atoms with Crippen molar-refractivity contribution in [3.05, 3.63) is 51.4 Å². The van der Waals surface area contributed by atoms with Crippen molar-refractivity contribution in [2.75, 3.05) is 20.3 Å². The maximum atomic E-state index is 12.6. The number of aromatic nitrogens is 2. The lowest BCUT2D eigenvalue weighted by Gasteiger charge is -2.09. The number of ether oxygens (including phenoxy) is 2. The van der Waals surface area contributed by atoms with Gasteiger partial charge >= 0.3 is 0 Å². The molecule has 0 aliphatic heterocycles. The smallest absolute Gasteiger partial charge is 0.262 e. The first kappa shape index (κ1) is 19.9. The normalized spacial score (nSPS) is 10.8. The van der Waals surface area contributed by atoms with Crippen LogP contribution in [-0.2, 0) is 11.3 Å². The number of thiophene rings is 1. The quantitative estimate of drug-likeness (QED) is 0.587. The van der Waals surface area contributed by atoms with Crippen molar-refractivity contribution in [1.82, 2.24) is 14.9 Å². The molecule has 0 spiro atoms. The lowest BCUT2D eigenvalue weighted by atomic mass is 10.2. The molecule has 2 aromatic heterocycles. The Kier molecular flexibility index (Phi) is 6.30. The number of benzene rings is 1. The molecule has 8 heteroatoms. The van der Waals surface area contributed by atoms with Crippen LogP contribution in [0.1, 0.15) is 16.9 Å². The van der Waals surface area contributed by atoms with Crippen molar-refractivity contribution in [3.63, 3.8) is 0 Å². The highest BCUT2D eigenvalue weighted by Gasteiger charge is 2.12. The van der Waals surface area contributed by atoms with E-state index in [1.807, 2.05) is 38.1 Å². The molecule has 148 valence electrons. The van der Waals surface area contributed by atoms with Crippen molar-refractivity contribution < 1.29 is 14.3 Å². The Hall–Kier alpha value is -2.87. The number of hydrogen-bond donors (Lipinski definition) is 1. The molecule has 1 aromatic carbocycles. The van der Waals surface area contributed by atoms with Crippen LogP contribution in [-0.4, -0.2) is 35.7 Å². The average molecular weight is 401 g/mol. The summed E-state index contributed by atoms with van der Waals surface area (Å²) >= 11 is 1.52. The second kappa shape index (κ2) is 8.88. The standard InChI is InChI=1S/C20H23N3O4S/c1-13-14(2)28-19-18(13)20(25)23(12-22-19)10-8-17(24)21-9-11-27-16-6-4-15(26-3)5-7-16/h4-7,12H,8-11H2,1-3H3,(H,21,24). The number of carbonyl (C=O) groups excluding carboxylic acids is 1. The van der Waals surface area contributed by atoms with E-state index < -0.39 is 0 Å². The van der Waals surface area contributed by atoms with Crippen LogP contribution in [0.2, 0.25) is 0 Å². The fourth-order valence-corrected chi connectivity index (χ4v) is 3.76. The van der Waals surface area contributed by atoms with E-state index in [1.165, 1.54) is 22.2 Å². The van der Waals surface area contributed by atoms with E-state index in [0.717, 1.165) is 21.0 Å². The Morgan fingerprint density at radius 3 is 2.64 bits per heavy atom. The molecule has 1 amide bonds. The van der Waals surface area contributed by atoms with E-state index >= 15 is 0 Å². The number of fused-ring (bicyclic) bond motifs is 1. The molecule has 0 aliphatic carbocycles. The molecule has 0 saturated heterocycles. The van der Waals surface area contributed by atoms with E-state index in [1.54, 1.807) is 7.11 Å². The van der Waals surface area contributed by atoms with Gasteiger partial charge in [-0.2, -0.15) is 0 Å². The SMILES string of the molecule is COc1ccc(OCCNC(=O)CCn2cnc3sc(C)c(C)c3c2=O)cc1. The van der Waals surface area contributed by atoms with Crippen molar-refractivity contribution in [2.24, 2.45) is 0 Å². The number of aryl methyl sites for hydroxylation is 3. The van der Waals surface area contributed by atoms with Gasteiger partial charge in [-0.05, 0) is 43.7 Å². The first-order valence-electron chi connectivity index (χ1n) is 8.98. The predicted octanol–water partition coefficient (Wildman–Crippen LogP) is 2.67. The number of hydrogen-bond acceptors (Lipinski definition) is 6. The van der Waals surface area contributed by atoms with Gasteiger partial charge < -0.3 is 14.8 Å². The van der Waals surface area contributed by atoms with Crippen LogP contribution < -0.4 is 20.3 Å². The highest BCUT2D eigenvalue weighted by molar-refractivity contribution is 7.18. The number of carbonyl (C=O) groups is 1. The Morgan fingerprint density at radius 2 is 1.93 bits per heavy atom. The molecule has 3 aromatic rings. The average Bonchev–Trinajstić information content (AvgIpc) is 2.99. The van der Waals surface area contributed by atoms with E-state index in [9.17, 15) is 9.59 Å². The summed E-state index contributed by atoms with van der Waals surface area (Å²) in [6.45, 7) is 4.95. The number of methoxy groups -OCH3 is 1. The van der Waals surface area contributed by atoms with Crippen LogP contribution in [0.25, 0.3) is 10.2 Å². The minimum atomic E-state index is -0.136. The zero-order valence-electron chi connectivity index (χ0n) is 16.2. The first-order valence-corrected chi connectivity index (χ1v) is 9.80. The number of nitrogens with one attached hydrogen (secondary N) is 1. The monoisotopic (exact) mass is 401 g/mol. The Labute approximate surface area is 166 Å². The molecule has 0 atom stereocenters. The van der Waals surface area contributed by atoms with Crippen molar-refractivity contribution in [2.45, 2.75) is 26.8 Å². The minimum absolute atomic E-state index is 0.0949. The number of amides is 1. The minimum Gasteiger partial charge on any atom is -0.497 e. The molecular weight excluding hydrogens is 378 g/mol. The molecule has 7 nitrogen and oxygen atoms in total. The third-order valence-electron chi connectivity index (χ3n) is 4.49. The summed E-state index contributed by atoms with van der Waals surface area (Å²) in [6, 6.07) is 7.25. The molecule has 1 N–H and O–H groups in total. The van der Waals surface area contributed by atoms with Gasteiger partial charge in [-0.15, -0.1) is 11.3 Å². The largest absolute Gasteiger partial charge is 0.497 e. The summed E-state index contributed by atoms with van der Waals surface area (Å²) in [5.74, 6) is 1.34. The Bertz CT molecular complexity index is 1020. The van der Waals surface area contributed by atoms with Gasteiger partial charge in [0.25, 0.3) is 5.56 Å². The number of rotatable bonds is 8. The third kappa shape index (κ3) is 4.51. The topological polar surface area (TPSA) is 82.4 Å². The third-order valence-corrected chi connectivity index (χ3v) is 5.60. The summed E-state index contributed by atoms with van der Waals surface area (Å²) < 4.78 is 12.2. The molecular formula is C20H23N3O4S. The molecule has 28 heavy (non-hydrogen) atoms. The Balaban J connectivity index is 1.46. The fraction of sp³-hybridized carbons (Fsp3) is 0.350. The second-order valence-corrected chi connectivity index (χ2v) is 7.53. The van der Waals surface area contributed by atoms with Crippen LogP contribution in [0.15, 0.2) is 35.4 Å². The van der Waals surface area contributed by atoms with Gasteiger partial charge in [0.15, 0.2) is 0 Å². The fourth-order valence-electron chi connectivity index (χ4n) is 2.77. The number of nitrogens with zero attached hydrogens (tertiary/aromatic N) is 2. The molecule has 2 heterocycles. The van der Waals surface area contributed by atoms with Crippen LogP contribution >= 0.6 is 11.3 Å². The lowest BCUT2D eigenvalue weighted by molar-refractivity contribution is -0.121. The van der Waals surface area contributed by atoms with Crippen LogP contribution in [0.5, 0.6) is 11.5 Å². The van der Waals surface area contributed by atoms with Crippen molar-refractivity contribution in [1.29, 1.82) is 0 Å². The summed E-state index contributed by atoms with van der Waals surface area (Å²) in [6.07, 6.45) is 1.72. The Morgan fingerprint density at radius 1 is 1.21 bits per heavy atom. The molecule has 0 bridgehead atoms. The van der Waals surface area contributed by atoms with Crippen LogP contribution in [0.3, 0.4) is 0 Å². The maximum Gasteiger partial charge on any atom is 0.262 e. The van der Waals surface area contributed by atoms with E-state index in [4.69, 9.17) is 9.47 Å². The molecule has 0 radical (unpaired) electrons. The highest BCUT2D eigenvalue weighted by Crippen LogP contribution is 2.25. The lowest BCUT2D eigenvalue weighted by Crippen LogP contribution is -2.30. The molecule has 0 saturated carbocycles. The van der Waals surface area contributed by atoms with Crippen molar-refractivity contribution >= 4 is 27.5 Å². The summed E-state index contributed by atoms with van der Waals surface area (Å²) in [7, 11) is 1.61. The van der Waals surface area contributed by atoms with Crippen LogP contribution in [0.4, 0.5) is 0 Å². The second-order valence-electron chi connectivity index (χ2n) is 6.33. The van der Waals surface area contributed by atoms with Crippen molar-refractivity contribution in [3.8, 4) is 11.5 Å². The van der Waals surface area contributed by atoms with Gasteiger partial charge in [0, 0.05) is 17.8 Å². The molecule has 0 aliphatic rings. The van der Waals surface area contributed by atoms with E-state index in [-0.39, 0.29) is 17.9 Å². The van der Waals surface area contributed by atoms with E-state index in [2.05, 4.69) is 10.3 Å². The molecule has 3 rings (SSSR count). The summed E-state index contributed by atoms with van der Waals surface area (Å²) in [5, 5.41) is 3.45.